The fourth-order valence-electron chi connectivity index (χ4n) is 14.2. The Labute approximate surface area is 446 Å². The van der Waals surface area contributed by atoms with Crippen LogP contribution >= 0.6 is 0 Å². The number of hydrogen-bond acceptors (Lipinski definition) is 3. The smallest absolute Gasteiger partial charge is 0.252 e. The Morgan fingerprint density at radius 3 is 1.35 bits per heavy atom. The minimum Gasteiger partial charge on any atom is -0.311 e. The number of rotatable bonds is 7. The lowest BCUT2D eigenvalue weighted by Crippen LogP contribution is -2.62. The summed E-state index contributed by atoms with van der Waals surface area (Å²) in [7, 11) is 0. The number of fused-ring (bicyclic) bond motifs is 6. The van der Waals surface area contributed by atoms with Crippen molar-refractivity contribution in [1.29, 1.82) is 0 Å². The van der Waals surface area contributed by atoms with Crippen LogP contribution in [0.3, 0.4) is 0 Å². The Kier molecular flexibility index (Phi) is 10.7. The number of hydrogen-bond donors (Lipinski definition) is 0. The average Bonchev–Trinajstić information content (AvgIpc) is 3.62. The number of para-hydroxylation sites is 2. The summed E-state index contributed by atoms with van der Waals surface area (Å²) in [5, 5.41) is 0. The third-order valence-corrected chi connectivity index (χ3v) is 17.9. The van der Waals surface area contributed by atoms with Crippen LogP contribution < -0.4 is 31.1 Å². The molecule has 2 aliphatic heterocycles. The van der Waals surface area contributed by atoms with Gasteiger partial charge in [0.25, 0.3) is 6.71 Å². The highest BCUT2D eigenvalue weighted by atomic mass is 15.2. The first-order chi connectivity index (χ1) is 36.0. The van der Waals surface area contributed by atoms with E-state index >= 15 is 0 Å². The fourth-order valence-corrected chi connectivity index (χ4v) is 14.2. The lowest BCUT2D eigenvalue weighted by Gasteiger charge is -2.48. The van der Waals surface area contributed by atoms with E-state index in [1.54, 1.807) is 0 Å². The molecule has 4 aliphatic rings. The zero-order valence-electron chi connectivity index (χ0n) is 45.5. The normalized spacial score (nSPS) is 16.9. The van der Waals surface area contributed by atoms with Gasteiger partial charge in [0.15, 0.2) is 0 Å². The minimum absolute atomic E-state index is 0.00451. The van der Waals surface area contributed by atoms with E-state index in [4.69, 9.17) is 0 Å². The number of anilines is 9. The highest BCUT2D eigenvalue weighted by molar-refractivity contribution is 7.00. The van der Waals surface area contributed by atoms with Crippen LogP contribution in [0.4, 0.5) is 51.2 Å². The van der Waals surface area contributed by atoms with E-state index in [1.807, 2.05) is 0 Å². The summed E-state index contributed by atoms with van der Waals surface area (Å²) in [6, 6.07) is 73.7. The van der Waals surface area contributed by atoms with Gasteiger partial charge in [-0.25, -0.2) is 0 Å². The molecule has 0 bridgehead atoms. The standard InChI is InChI=1S/C71H68BN3/c1-46-37-50(48-23-15-11-16-24-48)32-34-61(46)74-63-39-51(49-25-17-12-18-26-49)31-33-59(63)72-60-42-56-57(69(5,6)36-35-68(56,3)4)44-64(60)75(62-43-58-55(38-47(62)2)70(7,8)45-71(58,9)10)66-41-54(40-65(74)67(66)72)73(52-27-19-13-20-28-52)53-29-21-14-22-30-53/h11-34,37-44H,35-36,45H2,1-10H3. The van der Waals surface area contributed by atoms with Crippen LogP contribution in [-0.2, 0) is 21.7 Å². The van der Waals surface area contributed by atoms with Gasteiger partial charge in [0.1, 0.15) is 0 Å². The second kappa shape index (κ2) is 17.0. The summed E-state index contributed by atoms with van der Waals surface area (Å²) in [6.07, 6.45) is 3.41. The van der Waals surface area contributed by atoms with E-state index < -0.39 is 0 Å². The molecule has 2 aliphatic carbocycles. The van der Waals surface area contributed by atoms with Crippen molar-refractivity contribution in [2.24, 2.45) is 0 Å². The summed E-state index contributed by atoms with van der Waals surface area (Å²) in [5.41, 5.74) is 28.1. The molecule has 0 fully saturated rings. The Morgan fingerprint density at radius 1 is 0.347 bits per heavy atom. The molecular formula is C71H68BN3. The van der Waals surface area contributed by atoms with Gasteiger partial charge in [-0.3, -0.25) is 0 Å². The molecule has 3 nitrogen and oxygen atoms in total. The van der Waals surface area contributed by atoms with Crippen molar-refractivity contribution in [3.05, 3.63) is 228 Å². The molecule has 0 unspecified atom stereocenters. The Morgan fingerprint density at radius 2 is 0.787 bits per heavy atom. The molecule has 75 heavy (non-hydrogen) atoms. The summed E-state index contributed by atoms with van der Waals surface area (Å²) in [5.74, 6) is 0. The van der Waals surface area contributed by atoms with Gasteiger partial charge in [0, 0.05) is 45.5 Å². The van der Waals surface area contributed by atoms with Crippen LogP contribution in [-0.4, -0.2) is 6.71 Å². The maximum absolute atomic E-state index is 2.73. The Bertz CT molecular complexity index is 3680. The molecule has 13 rings (SSSR count). The molecular weight excluding hydrogens is 906 g/mol. The SMILES string of the molecule is Cc1cc(-c2ccccc2)ccc1N1c2cc(-c3ccccc3)ccc2B2c3cc4c(cc3N(c3cc5c(cc3C)C(C)(C)CC5(C)C)c3cc(N(c5ccccc5)c5ccccc5)cc1c32)C(C)(C)CCC4(C)C. The number of nitrogens with zero attached hydrogens (tertiary/aromatic N) is 3. The highest BCUT2D eigenvalue weighted by Crippen LogP contribution is 2.56. The van der Waals surface area contributed by atoms with E-state index in [0.717, 1.165) is 36.3 Å². The third-order valence-electron chi connectivity index (χ3n) is 17.9. The topological polar surface area (TPSA) is 9.72 Å². The second-order valence-corrected chi connectivity index (χ2v) is 24.9. The van der Waals surface area contributed by atoms with Gasteiger partial charge in [-0.05, 0) is 194 Å². The second-order valence-electron chi connectivity index (χ2n) is 24.9. The van der Waals surface area contributed by atoms with Gasteiger partial charge in [0.05, 0.1) is 5.69 Å². The van der Waals surface area contributed by atoms with E-state index in [9.17, 15) is 0 Å². The van der Waals surface area contributed by atoms with Crippen molar-refractivity contribution in [2.75, 3.05) is 14.7 Å². The van der Waals surface area contributed by atoms with Gasteiger partial charge >= 0.3 is 0 Å². The predicted octanol–water partition coefficient (Wildman–Crippen LogP) is 17.5. The van der Waals surface area contributed by atoms with Crippen molar-refractivity contribution in [2.45, 2.75) is 110 Å². The van der Waals surface area contributed by atoms with Crippen molar-refractivity contribution in [1.82, 2.24) is 0 Å². The zero-order chi connectivity index (χ0) is 51.8. The maximum Gasteiger partial charge on any atom is 0.252 e. The van der Waals surface area contributed by atoms with E-state index in [0.29, 0.717) is 0 Å². The molecule has 0 spiro atoms. The summed E-state index contributed by atoms with van der Waals surface area (Å²) in [4.78, 5) is 7.83. The van der Waals surface area contributed by atoms with Gasteiger partial charge < -0.3 is 14.7 Å². The monoisotopic (exact) mass is 974 g/mol. The molecule has 9 aromatic rings. The highest BCUT2D eigenvalue weighted by Gasteiger charge is 2.48. The first kappa shape index (κ1) is 47.2. The first-order valence-electron chi connectivity index (χ1n) is 27.4. The molecule has 0 aromatic heterocycles. The quantitative estimate of drug-likeness (QED) is 0.147. The third kappa shape index (κ3) is 7.53. The molecule has 0 saturated heterocycles. The molecule has 0 N–H and O–H groups in total. The van der Waals surface area contributed by atoms with Crippen LogP contribution in [0.25, 0.3) is 22.3 Å². The summed E-state index contributed by atoms with van der Waals surface area (Å²) >= 11 is 0. The van der Waals surface area contributed by atoms with Crippen molar-refractivity contribution >= 4 is 74.3 Å². The van der Waals surface area contributed by atoms with Crippen LogP contribution in [0.15, 0.2) is 194 Å². The van der Waals surface area contributed by atoms with E-state index in [-0.39, 0.29) is 28.4 Å². The molecule has 4 heteroatoms. The Hall–Kier alpha value is -7.56. The van der Waals surface area contributed by atoms with Gasteiger partial charge in [0.2, 0.25) is 0 Å². The lowest BCUT2D eigenvalue weighted by molar-refractivity contribution is 0.332. The molecule has 0 atom stereocenters. The molecule has 0 amide bonds. The van der Waals surface area contributed by atoms with Crippen molar-refractivity contribution in [3.8, 4) is 22.3 Å². The van der Waals surface area contributed by atoms with Crippen LogP contribution in [0.2, 0.25) is 0 Å². The van der Waals surface area contributed by atoms with E-state index in [1.165, 1.54) is 106 Å². The zero-order valence-corrected chi connectivity index (χ0v) is 45.5. The van der Waals surface area contributed by atoms with E-state index in [2.05, 4.69) is 278 Å². The summed E-state index contributed by atoms with van der Waals surface area (Å²) < 4.78 is 0. The first-order valence-corrected chi connectivity index (χ1v) is 27.4. The predicted molar refractivity (Wildman–Crippen MR) is 321 cm³/mol. The van der Waals surface area contributed by atoms with Crippen LogP contribution in [0.5, 0.6) is 0 Å². The van der Waals surface area contributed by atoms with Crippen LogP contribution in [0, 0.1) is 13.8 Å². The van der Waals surface area contributed by atoms with Crippen molar-refractivity contribution in [3.63, 3.8) is 0 Å². The number of aryl methyl sites for hydroxylation is 2. The average molecular weight is 974 g/mol. The maximum atomic E-state index is 2.73. The summed E-state index contributed by atoms with van der Waals surface area (Å²) in [6.45, 7) is 24.4. The Balaban J connectivity index is 1.19. The minimum atomic E-state index is -0.0478. The molecule has 2 heterocycles. The molecule has 0 saturated carbocycles. The fraction of sp³-hybridized carbons (Fsp3) is 0.239. The molecule has 0 radical (unpaired) electrons. The largest absolute Gasteiger partial charge is 0.311 e. The van der Waals surface area contributed by atoms with Gasteiger partial charge in [-0.1, -0.05) is 183 Å². The van der Waals surface area contributed by atoms with Gasteiger partial charge in [-0.15, -0.1) is 0 Å². The van der Waals surface area contributed by atoms with Gasteiger partial charge in [-0.2, -0.15) is 0 Å². The van der Waals surface area contributed by atoms with Crippen molar-refractivity contribution < 1.29 is 0 Å². The molecule has 370 valence electrons. The lowest BCUT2D eigenvalue weighted by atomic mass is 9.33. The number of benzene rings is 9. The van der Waals surface area contributed by atoms with Crippen LogP contribution in [0.1, 0.15) is 108 Å². The molecule has 9 aromatic carbocycles.